The first-order valence-corrected chi connectivity index (χ1v) is 8.12. The van der Waals surface area contributed by atoms with Gasteiger partial charge in [0.05, 0.1) is 18.8 Å². The van der Waals surface area contributed by atoms with E-state index in [2.05, 4.69) is 4.74 Å². The van der Waals surface area contributed by atoms with E-state index in [9.17, 15) is 17.6 Å². The van der Waals surface area contributed by atoms with Crippen molar-refractivity contribution in [3.05, 3.63) is 64.7 Å². The van der Waals surface area contributed by atoms with Crippen molar-refractivity contribution in [1.82, 2.24) is 0 Å². The highest BCUT2D eigenvalue weighted by atomic mass is 19.3. The van der Waals surface area contributed by atoms with Gasteiger partial charge in [-0.1, -0.05) is 19.1 Å². The van der Waals surface area contributed by atoms with Gasteiger partial charge in [-0.25, -0.2) is 8.78 Å². The summed E-state index contributed by atoms with van der Waals surface area (Å²) < 4.78 is 71.2. The second kappa shape index (κ2) is 7.25. The number of alkyl halides is 2. The fourth-order valence-electron chi connectivity index (χ4n) is 2.51. The topological polar surface area (TPSA) is 27.7 Å². The number of rotatable bonds is 4. The maximum Gasteiger partial charge on any atom is 0.426 e. The predicted molar refractivity (Wildman–Crippen MR) is 85.9 cm³/mol. The van der Waals surface area contributed by atoms with Crippen molar-refractivity contribution >= 4 is 0 Å². The predicted octanol–water partition coefficient (Wildman–Crippen LogP) is 5.08. The second-order valence-corrected chi connectivity index (χ2v) is 6.36. The van der Waals surface area contributed by atoms with Crippen LogP contribution >= 0.6 is 0 Å². The van der Waals surface area contributed by atoms with Crippen LogP contribution in [0.3, 0.4) is 0 Å². The quantitative estimate of drug-likeness (QED) is 0.702. The van der Waals surface area contributed by atoms with Crippen LogP contribution in [0, 0.1) is 24.5 Å². The fraction of sp³-hybridized carbons (Fsp3) is 0.368. The molecule has 2 aromatic carbocycles. The third-order valence-corrected chi connectivity index (χ3v) is 4.08. The number of benzene rings is 2. The van der Waals surface area contributed by atoms with E-state index in [1.54, 1.807) is 0 Å². The zero-order valence-electron chi connectivity index (χ0n) is 14.3. The zero-order chi connectivity index (χ0) is 18.9. The zero-order valence-corrected chi connectivity index (χ0v) is 14.3. The molecule has 0 aliphatic carbocycles. The van der Waals surface area contributed by atoms with E-state index in [1.165, 1.54) is 31.2 Å². The maximum absolute atomic E-state index is 14.3. The molecule has 1 fully saturated rings. The molecule has 0 bridgehead atoms. The lowest BCUT2D eigenvalue weighted by Crippen LogP contribution is -2.25. The summed E-state index contributed by atoms with van der Waals surface area (Å²) in [7, 11) is 0. The first kappa shape index (κ1) is 18.7. The van der Waals surface area contributed by atoms with E-state index in [1.807, 2.05) is 6.92 Å². The van der Waals surface area contributed by atoms with Gasteiger partial charge in [-0.3, -0.25) is 0 Å². The largest absolute Gasteiger partial charge is 0.429 e. The van der Waals surface area contributed by atoms with Crippen molar-refractivity contribution in [1.29, 1.82) is 0 Å². The molecule has 1 aliphatic heterocycles. The van der Waals surface area contributed by atoms with Gasteiger partial charge in [0.2, 0.25) is 0 Å². The van der Waals surface area contributed by atoms with Gasteiger partial charge in [0.1, 0.15) is 17.4 Å². The second-order valence-electron chi connectivity index (χ2n) is 6.36. The van der Waals surface area contributed by atoms with E-state index in [0.29, 0.717) is 18.8 Å². The van der Waals surface area contributed by atoms with Gasteiger partial charge < -0.3 is 14.2 Å². The molecule has 0 spiro atoms. The van der Waals surface area contributed by atoms with Crippen LogP contribution in [0.5, 0.6) is 5.75 Å². The average molecular weight is 370 g/mol. The molecular weight excluding hydrogens is 352 g/mol. The molecule has 1 saturated heterocycles. The highest BCUT2D eigenvalue weighted by Gasteiger charge is 2.35. The van der Waals surface area contributed by atoms with Crippen molar-refractivity contribution in [3.63, 3.8) is 0 Å². The maximum atomic E-state index is 14.3. The molecule has 0 aromatic heterocycles. The minimum atomic E-state index is -3.75. The molecule has 140 valence electrons. The van der Waals surface area contributed by atoms with E-state index in [0.717, 1.165) is 12.1 Å². The Hall–Kier alpha value is -2.12. The summed E-state index contributed by atoms with van der Waals surface area (Å²) in [6.07, 6.45) is -4.36. The van der Waals surface area contributed by atoms with Crippen molar-refractivity contribution in [2.45, 2.75) is 26.2 Å². The fourth-order valence-corrected chi connectivity index (χ4v) is 2.51. The Balaban J connectivity index is 1.75. The molecule has 0 amide bonds. The van der Waals surface area contributed by atoms with Gasteiger partial charge in [-0.05, 0) is 19.1 Å². The SMILES string of the molecule is Cc1c(F)cc(OC(F)(F)c2ccc(C3OCC(C)CO3)cc2)cc1F. The van der Waals surface area contributed by atoms with Crippen LogP contribution in [0.25, 0.3) is 0 Å². The van der Waals surface area contributed by atoms with Gasteiger partial charge in [0.25, 0.3) is 0 Å². The monoisotopic (exact) mass is 370 g/mol. The highest BCUT2D eigenvalue weighted by Crippen LogP contribution is 2.34. The highest BCUT2D eigenvalue weighted by molar-refractivity contribution is 5.32. The Bertz CT molecular complexity index is 746. The Kier molecular flexibility index (Phi) is 5.20. The smallest absolute Gasteiger partial charge is 0.426 e. The summed E-state index contributed by atoms with van der Waals surface area (Å²) in [5.74, 6) is -2.22. The van der Waals surface area contributed by atoms with Crippen molar-refractivity contribution < 1.29 is 31.8 Å². The van der Waals surface area contributed by atoms with Crippen LogP contribution in [0.2, 0.25) is 0 Å². The van der Waals surface area contributed by atoms with Crippen LogP contribution in [0.15, 0.2) is 36.4 Å². The molecule has 0 N–H and O–H groups in total. The molecule has 2 aromatic rings. The van der Waals surface area contributed by atoms with Gasteiger partial charge >= 0.3 is 6.11 Å². The van der Waals surface area contributed by atoms with E-state index >= 15 is 0 Å². The molecule has 1 aliphatic rings. The molecule has 7 heteroatoms. The van der Waals surface area contributed by atoms with Crippen LogP contribution < -0.4 is 4.74 Å². The van der Waals surface area contributed by atoms with Crippen LogP contribution in [-0.4, -0.2) is 13.2 Å². The molecule has 0 unspecified atom stereocenters. The molecule has 0 saturated carbocycles. The first-order valence-electron chi connectivity index (χ1n) is 8.12. The normalized spacial score (nSPS) is 20.8. The van der Waals surface area contributed by atoms with Crippen LogP contribution in [-0.2, 0) is 15.6 Å². The van der Waals surface area contributed by atoms with E-state index in [-0.39, 0.29) is 11.5 Å². The van der Waals surface area contributed by atoms with Crippen LogP contribution in [0.1, 0.15) is 29.9 Å². The first-order chi connectivity index (χ1) is 12.3. The van der Waals surface area contributed by atoms with Gasteiger partial charge in [0.15, 0.2) is 6.29 Å². The van der Waals surface area contributed by atoms with Gasteiger partial charge in [-0.15, -0.1) is 0 Å². The lowest BCUT2D eigenvalue weighted by molar-refractivity contribution is -0.202. The number of halogens is 4. The summed E-state index contributed by atoms with van der Waals surface area (Å²) in [5, 5.41) is 0. The summed E-state index contributed by atoms with van der Waals surface area (Å²) >= 11 is 0. The van der Waals surface area contributed by atoms with Gasteiger partial charge in [-0.2, -0.15) is 8.78 Å². The molecular formula is C19H18F4O3. The summed E-state index contributed by atoms with van der Waals surface area (Å²) in [5.41, 5.74) is -0.109. The Morgan fingerprint density at radius 2 is 1.54 bits per heavy atom. The lowest BCUT2D eigenvalue weighted by Gasteiger charge is -2.28. The molecule has 3 rings (SSSR count). The summed E-state index contributed by atoms with van der Waals surface area (Å²) in [6, 6.07) is 6.69. The number of ether oxygens (including phenoxy) is 3. The average Bonchev–Trinajstić information content (AvgIpc) is 2.60. The third-order valence-electron chi connectivity index (χ3n) is 4.08. The molecule has 3 nitrogen and oxygen atoms in total. The van der Waals surface area contributed by atoms with Gasteiger partial charge in [0, 0.05) is 29.2 Å². The molecule has 0 radical (unpaired) electrons. The molecule has 0 atom stereocenters. The Morgan fingerprint density at radius 1 is 1.00 bits per heavy atom. The lowest BCUT2D eigenvalue weighted by atomic mass is 10.1. The number of hydrogen-bond donors (Lipinski definition) is 0. The summed E-state index contributed by atoms with van der Waals surface area (Å²) in [4.78, 5) is 0. The Labute approximate surface area is 148 Å². The van der Waals surface area contributed by atoms with Crippen LogP contribution in [0.4, 0.5) is 17.6 Å². The molecule has 1 heterocycles. The van der Waals surface area contributed by atoms with E-state index in [4.69, 9.17) is 9.47 Å². The number of hydrogen-bond acceptors (Lipinski definition) is 3. The minimum Gasteiger partial charge on any atom is -0.429 e. The van der Waals surface area contributed by atoms with Crippen molar-refractivity contribution in [2.75, 3.05) is 13.2 Å². The third kappa shape index (κ3) is 3.99. The molecule has 26 heavy (non-hydrogen) atoms. The summed E-state index contributed by atoms with van der Waals surface area (Å²) in [6.45, 7) is 4.24. The minimum absolute atomic E-state index is 0.258. The standard InChI is InChI=1S/C19H18F4O3/c1-11-9-24-18(25-10-11)13-3-5-14(6-4-13)19(22,23)26-15-7-16(20)12(2)17(21)8-15/h3-8,11,18H,9-10H2,1-2H3. The van der Waals surface area contributed by atoms with Crippen molar-refractivity contribution in [2.24, 2.45) is 5.92 Å². The van der Waals surface area contributed by atoms with Crippen molar-refractivity contribution in [3.8, 4) is 5.75 Å². The van der Waals surface area contributed by atoms with E-state index < -0.39 is 35.3 Å². The Morgan fingerprint density at radius 3 is 2.08 bits per heavy atom.